The number of carboxylic acid groups (broad SMARTS) is 1. The molecule has 0 amide bonds. The van der Waals surface area contributed by atoms with Crippen molar-refractivity contribution in [2.45, 2.75) is 57.5 Å². The minimum Gasteiger partial charge on any atom is -0.478 e. The zero-order valence-corrected chi connectivity index (χ0v) is 19.8. The molecule has 0 spiro atoms. The van der Waals surface area contributed by atoms with Crippen LogP contribution in [-0.2, 0) is 13.6 Å². The molecule has 5 rings (SSSR count). The quantitative estimate of drug-likeness (QED) is 0.600. The van der Waals surface area contributed by atoms with Gasteiger partial charge in [-0.3, -0.25) is 4.79 Å². The van der Waals surface area contributed by atoms with E-state index in [1.165, 1.54) is 19.3 Å². The zero-order valence-electron chi connectivity index (χ0n) is 19.0. The topological polar surface area (TPSA) is 106 Å². The summed E-state index contributed by atoms with van der Waals surface area (Å²) in [5, 5.41) is 10.2. The van der Waals surface area contributed by atoms with Crippen LogP contribution in [0.25, 0.3) is 21.9 Å². The highest BCUT2D eigenvalue weighted by Gasteiger charge is 2.27. The van der Waals surface area contributed by atoms with E-state index in [4.69, 9.17) is 10.7 Å². The molecule has 0 unspecified atom stereocenters. The smallest absolute Gasteiger partial charge is 0.335 e. The van der Waals surface area contributed by atoms with Crippen molar-refractivity contribution < 1.29 is 9.90 Å². The molecule has 178 valence electrons. The average Bonchev–Trinajstić information content (AvgIpc) is 3.17. The Balaban J connectivity index is 0.00000259. The fourth-order valence-electron chi connectivity index (χ4n) is 5.50. The van der Waals surface area contributed by atoms with E-state index in [1.807, 2.05) is 0 Å². The average molecular weight is 474 g/mol. The summed E-state index contributed by atoms with van der Waals surface area (Å²) in [7, 11) is 1.75. The molecule has 1 aromatic carbocycles. The molecule has 9 heteroatoms. The first-order valence-corrected chi connectivity index (χ1v) is 11.7. The van der Waals surface area contributed by atoms with Crippen molar-refractivity contribution in [2.75, 3.05) is 18.0 Å². The van der Waals surface area contributed by atoms with Crippen LogP contribution in [0.5, 0.6) is 0 Å². The number of benzene rings is 1. The van der Waals surface area contributed by atoms with Crippen LogP contribution in [0.15, 0.2) is 23.0 Å². The number of pyridine rings is 1. The van der Waals surface area contributed by atoms with Crippen molar-refractivity contribution >= 4 is 46.3 Å². The minimum absolute atomic E-state index is 0. The van der Waals surface area contributed by atoms with Crippen molar-refractivity contribution in [3.05, 3.63) is 34.1 Å². The molecule has 3 aromatic rings. The van der Waals surface area contributed by atoms with Gasteiger partial charge in [0, 0.05) is 38.1 Å². The van der Waals surface area contributed by atoms with Crippen LogP contribution in [-0.4, -0.2) is 44.3 Å². The van der Waals surface area contributed by atoms with Crippen LogP contribution in [0.2, 0.25) is 0 Å². The molecule has 2 aliphatic rings. The Morgan fingerprint density at radius 3 is 2.64 bits per heavy atom. The summed E-state index contributed by atoms with van der Waals surface area (Å²) in [6.07, 6.45) is 8.04. The predicted molar refractivity (Wildman–Crippen MR) is 133 cm³/mol. The van der Waals surface area contributed by atoms with Crippen LogP contribution in [0.4, 0.5) is 5.95 Å². The molecular formula is C24H32ClN5O3. The second-order valence-electron chi connectivity index (χ2n) is 9.47. The molecule has 1 aliphatic heterocycles. The lowest BCUT2D eigenvalue weighted by molar-refractivity contribution is 0.0697. The first-order chi connectivity index (χ1) is 15.4. The van der Waals surface area contributed by atoms with Gasteiger partial charge in [-0.2, -0.15) is 0 Å². The number of nitrogens with zero attached hydrogens (tertiary/aromatic N) is 4. The Kier molecular flexibility index (Phi) is 6.68. The molecule has 1 atom stereocenters. The molecular weight excluding hydrogens is 442 g/mol. The van der Waals surface area contributed by atoms with Crippen LogP contribution >= 0.6 is 12.4 Å². The summed E-state index contributed by atoms with van der Waals surface area (Å²) < 4.78 is 3.73. The third-order valence-electron chi connectivity index (χ3n) is 7.22. The van der Waals surface area contributed by atoms with Gasteiger partial charge in [0.2, 0.25) is 5.95 Å². The molecule has 2 aromatic heterocycles. The third kappa shape index (κ3) is 4.22. The summed E-state index contributed by atoms with van der Waals surface area (Å²) in [4.78, 5) is 32.4. The Morgan fingerprint density at radius 1 is 1.18 bits per heavy atom. The van der Waals surface area contributed by atoms with Crippen molar-refractivity contribution in [3.8, 4) is 0 Å². The molecule has 1 saturated heterocycles. The van der Waals surface area contributed by atoms with Crippen LogP contribution in [0, 0.1) is 5.92 Å². The monoisotopic (exact) mass is 473 g/mol. The minimum atomic E-state index is -0.988. The maximum Gasteiger partial charge on any atom is 0.335 e. The maximum absolute atomic E-state index is 13.5. The second-order valence-corrected chi connectivity index (χ2v) is 9.47. The number of aryl methyl sites for hydroxylation is 1. The number of halogens is 1. The van der Waals surface area contributed by atoms with E-state index in [9.17, 15) is 14.7 Å². The number of anilines is 1. The Bertz CT molecular complexity index is 1240. The number of fused-ring (bicyclic) bond motifs is 3. The Labute approximate surface area is 198 Å². The summed E-state index contributed by atoms with van der Waals surface area (Å²) >= 11 is 0. The number of piperidine rings is 1. The SMILES string of the molecule is Cl.Cn1c(=O)c2c(nc(N3CCC[C@@H](N)C3)n2CC2CCCCC2)c2cc(C(=O)O)ccc21. The van der Waals surface area contributed by atoms with E-state index >= 15 is 0 Å². The first-order valence-electron chi connectivity index (χ1n) is 11.7. The van der Waals surface area contributed by atoms with Gasteiger partial charge in [-0.25, -0.2) is 9.78 Å². The van der Waals surface area contributed by atoms with E-state index in [1.54, 1.807) is 29.8 Å². The summed E-state index contributed by atoms with van der Waals surface area (Å²) in [6, 6.07) is 4.98. The van der Waals surface area contributed by atoms with Gasteiger partial charge in [0.05, 0.1) is 11.1 Å². The van der Waals surface area contributed by atoms with Gasteiger partial charge in [0.1, 0.15) is 11.0 Å². The third-order valence-corrected chi connectivity index (χ3v) is 7.22. The normalized spacial score (nSPS) is 19.7. The number of rotatable bonds is 4. The predicted octanol–water partition coefficient (Wildman–Crippen LogP) is 3.52. The number of hydrogen-bond donors (Lipinski definition) is 2. The van der Waals surface area contributed by atoms with E-state index < -0.39 is 5.97 Å². The lowest BCUT2D eigenvalue weighted by atomic mass is 9.89. The van der Waals surface area contributed by atoms with Gasteiger partial charge in [-0.05, 0) is 49.8 Å². The van der Waals surface area contributed by atoms with E-state index in [-0.39, 0.29) is 29.6 Å². The van der Waals surface area contributed by atoms with Crippen molar-refractivity contribution in [3.63, 3.8) is 0 Å². The molecule has 2 fully saturated rings. The van der Waals surface area contributed by atoms with Crippen molar-refractivity contribution in [1.82, 2.24) is 14.1 Å². The molecule has 1 saturated carbocycles. The lowest BCUT2D eigenvalue weighted by Gasteiger charge is -2.33. The van der Waals surface area contributed by atoms with Crippen LogP contribution < -0.4 is 16.2 Å². The number of aromatic nitrogens is 3. The van der Waals surface area contributed by atoms with Gasteiger partial charge >= 0.3 is 5.97 Å². The second kappa shape index (κ2) is 9.35. The van der Waals surface area contributed by atoms with Gasteiger partial charge in [0.25, 0.3) is 5.56 Å². The number of carbonyl (C=O) groups is 1. The number of imidazole rings is 1. The van der Waals surface area contributed by atoms with Crippen LogP contribution in [0.3, 0.4) is 0 Å². The Morgan fingerprint density at radius 2 is 1.94 bits per heavy atom. The number of hydrogen-bond acceptors (Lipinski definition) is 5. The van der Waals surface area contributed by atoms with Crippen molar-refractivity contribution in [1.29, 1.82) is 0 Å². The van der Waals surface area contributed by atoms with Crippen molar-refractivity contribution in [2.24, 2.45) is 18.7 Å². The standard InChI is InChI=1S/C24H31N5O3.ClH/c1-27-19-10-9-16(23(31)32)12-18(19)20-21(22(27)30)29(13-15-6-3-2-4-7-15)24(26-20)28-11-5-8-17(25)14-28;/h9-10,12,15,17H,2-8,11,13-14,25H2,1H3,(H,31,32);1H/t17-;/m1./s1. The van der Waals surface area contributed by atoms with E-state index in [2.05, 4.69) is 9.47 Å². The molecule has 33 heavy (non-hydrogen) atoms. The molecule has 8 nitrogen and oxygen atoms in total. The fourth-order valence-corrected chi connectivity index (χ4v) is 5.50. The summed E-state index contributed by atoms with van der Waals surface area (Å²) in [5.41, 5.74) is 8.24. The number of carboxylic acids is 1. The van der Waals surface area contributed by atoms with E-state index in [0.717, 1.165) is 44.7 Å². The van der Waals surface area contributed by atoms with E-state index in [0.29, 0.717) is 34.4 Å². The first kappa shape index (κ1) is 23.6. The Hall–Kier alpha value is -2.58. The highest BCUT2D eigenvalue weighted by Crippen LogP contribution is 2.32. The summed E-state index contributed by atoms with van der Waals surface area (Å²) in [6.45, 7) is 2.34. The molecule has 3 N–H and O–H groups in total. The molecule has 0 radical (unpaired) electrons. The fraction of sp³-hybridized carbons (Fsp3) is 0.542. The summed E-state index contributed by atoms with van der Waals surface area (Å²) in [5.74, 6) is 0.327. The van der Waals surface area contributed by atoms with Gasteiger partial charge < -0.3 is 24.9 Å². The lowest BCUT2D eigenvalue weighted by Crippen LogP contribution is -2.44. The zero-order chi connectivity index (χ0) is 22.4. The van der Waals surface area contributed by atoms with Gasteiger partial charge in [-0.15, -0.1) is 12.4 Å². The highest BCUT2D eigenvalue weighted by atomic mass is 35.5. The number of nitrogens with two attached hydrogens (primary N) is 1. The largest absolute Gasteiger partial charge is 0.478 e. The van der Waals surface area contributed by atoms with Crippen LogP contribution in [0.1, 0.15) is 55.3 Å². The molecule has 1 aliphatic carbocycles. The molecule has 0 bridgehead atoms. The van der Waals surface area contributed by atoms with Gasteiger partial charge in [-0.1, -0.05) is 19.3 Å². The number of aromatic carboxylic acids is 1. The maximum atomic E-state index is 13.5. The highest BCUT2D eigenvalue weighted by molar-refractivity contribution is 6.06. The molecule has 3 heterocycles. The van der Waals surface area contributed by atoms with Gasteiger partial charge in [0.15, 0.2) is 0 Å².